The normalized spacial score (nSPS) is 21.9. The predicted molar refractivity (Wildman–Crippen MR) is 92.2 cm³/mol. The van der Waals surface area contributed by atoms with Gasteiger partial charge < -0.3 is 4.90 Å². The molecule has 3 rings (SSSR count). The van der Waals surface area contributed by atoms with E-state index in [0.29, 0.717) is 6.04 Å². The molecule has 0 aliphatic heterocycles. The van der Waals surface area contributed by atoms with E-state index in [9.17, 15) is 0 Å². The third-order valence-corrected chi connectivity index (χ3v) is 5.64. The van der Waals surface area contributed by atoms with Gasteiger partial charge in [-0.3, -0.25) is 0 Å². The molecule has 1 aromatic heterocycles. The number of hydrogen-bond donors (Lipinski definition) is 0. The Balaban J connectivity index is 1.88. The van der Waals surface area contributed by atoms with Gasteiger partial charge >= 0.3 is 0 Å². The highest BCUT2D eigenvalue weighted by Gasteiger charge is 2.28. The van der Waals surface area contributed by atoms with Gasteiger partial charge in [0.05, 0.1) is 5.52 Å². The molecule has 1 aliphatic carbocycles. The lowest BCUT2D eigenvalue weighted by Gasteiger charge is -2.26. The highest BCUT2D eigenvalue weighted by atomic mass is 32.2. The van der Waals surface area contributed by atoms with Crippen molar-refractivity contribution >= 4 is 28.5 Å². The van der Waals surface area contributed by atoms with Crippen molar-refractivity contribution in [2.24, 2.45) is 0 Å². The van der Waals surface area contributed by atoms with Crippen molar-refractivity contribution in [3.63, 3.8) is 0 Å². The topological polar surface area (TPSA) is 29.0 Å². The number of thioether (sulfide) groups is 1. The smallest absolute Gasteiger partial charge is 0.139 e. The lowest BCUT2D eigenvalue weighted by Crippen LogP contribution is -2.30. The molecule has 0 N–H and O–H groups in total. The second-order valence-corrected chi connectivity index (χ2v) is 7.45. The van der Waals surface area contributed by atoms with Gasteiger partial charge in [0.1, 0.15) is 12.1 Å². The van der Waals surface area contributed by atoms with Crippen molar-refractivity contribution in [3.05, 3.63) is 30.1 Å². The molecule has 1 aromatic carbocycles. The SMILES string of the molecule is CCSC1CCC(N(C)c2ncnc3ccc(C)cc23)C1. The number of aromatic nitrogens is 2. The second-order valence-electron chi connectivity index (χ2n) is 5.87. The summed E-state index contributed by atoms with van der Waals surface area (Å²) in [6, 6.07) is 7.01. The number of aryl methyl sites for hydroxylation is 1. The highest BCUT2D eigenvalue weighted by Crippen LogP contribution is 2.35. The van der Waals surface area contributed by atoms with Crippen LogP contribution in [0.15, 0.2) is 24.5 Å². The zero-order chi connectivity index (χ0) is 14.8. The molecule has 112 valence electrons. The number of benzene rings is 1. The van der Waals surface area contributed by atoms with E-state index < -0.39 is 0 Å². The third-order valence-electron chi connectivity index (χ3n) is 4.41. The Hall–Kier alpha value is -1.29. The Morgan fingerprint density at radius 3 is 2.95 bits per heavy atom. The number of rotatable bonds is 4. The Kier molecular flexibility index (Phi) is 4.34. The number of hydrogen-bond acceptors (Lipinski definition) is 4. The second kappa shape index (κ2) is 6.22. The van der Waals surface area contributed by atoms with Crippen LogP contribution in [0.3, 0.4) is 0 Å². The molecule has 2 atom stereocenters. The maximum Gasteiger partial charge on any atom is 0.139 e. The Labute approximate surface area is 131 Å². The number of nitrogens with zero attached hydrogens (tertiary/aromatic N) is 3. The quantitative estimate of drug-likeness (QED) is 0.852. The van der Waals surface area contributed by atoms with Gasteiger partial charge in [0.2, 0.25) is 0 Å². The van der Waals surface area contributed by atoms with Gasteiger partial charge in [0.25, 0.3) is 0 Å². The van der Waals surface area contributed by atoms with Crippen LogP contribution in [0, 0.1) is 6.92 Å². The summed E-state index contributed by atoms with van der Waals surface area (Å²) in [4.78, 5) is 11.3. The number of anilines is 1. The summed E-state index contributed by atoms with van der Waals surface area (Å²) >= 11 is 2.10. The highest BCUT2D eigenvalue weighted by molar-refractivity contribution is 7.99. The van der Waals surface area contributed by atoms with Crippen LogP contribution in [-0.2, 0) is 0 Å². The molecule has 0 amide bonds. The molecule has 1 fully saturated rings. The summed E-state index contributed by atoms with van der Waals surface area (Å²) in [6.45, 7) is 4.38. The van der Waals surface area contributed by atoms with Crippen LogP contribution in [-0.4, -0.2) is 34.1 Å². The Bertz CT molecular complexity index is 628. The zero-order valence-corrected chi connectivity index (χ0v) is 13.9. The first-order chi connectivity index (χ1) is 10.2. The Morgan fingerprint density at radius 2 is 2.14 bits per heavy atom. The maximum atomic E-state index is 4.57. The predicted octanol–water partition coefficient (Wildman–Crippen LogP) is 4.05. The molecule has 4 heteroatoms. The minimum Gasteiger partial charge on any atom is -0.356 e. The molecular formula is C17H23N3S. The fourth-order valence-corrected chi connectivity index (χ4v) is 4.40. The van der Waals surface area contributed by atoms with Gasteiger partial charge in [-0.15, -0.1) is 0 Å². The standard InChI is InChI=1S/C17H23N3S/c1-4-21-14-7-6-13(10-14)20(3)17-15-9-12(2)5-8-16(15)18-11-19-17/h5,8-9,11,13-14H,4,6-7,10H2,1-3H3. The van der Waals surface area contributed by atoms with Crippen LogP contribution in [0.5, 0.6) is 0 Å². The van der Waals surface area contributed by atoms with Crippen LogP contribution >= 0.6 is 11.8 Å². The van der Waals surface area contributed by atoms with Crippen LogP contribution in [0.4, 0.5) is 5.82 Å². The fraction of sp³-hybridized carbons (Fsp3) is 0.529. The maximum absolute atomic E-state index is 4.57. The first-order valence-electron chi connectivity index (χ1n) is 7.75. The minimum atomic E-state index is 0.604. The van der Waals surface area contributed by atoms with Crippen molar-refractivity contribution in [2.75, 3.05) is 17.7 Å². The molecule has 1 aliphatic rings. The largest absolute Gasteiger partial charge is 0.356 e. The monoisotopic (exact) mass is 301 g/mol. The summed E-state index contributed by atoms with van der Waals surface area (Å²) in [7, 11) is 2.19. The molecule has 2 unspecified atom stereocenters. The van der Waals surface area contributed by atoms with E-state index in [1.807, 2.05) is 0 Å². The van der Waals surface area contributed by atoms with Crippen LogP contribution in [0.1, 0.15) is 31.7 Å². The molecule has 0 saturated heterocycles. The fourth-order valence-electron chi connectivity index (χ4n) is 3.27. The summed E-state index contributed by atoms with van der Waals surface area (Å²) in [6.07, 6.45) is 5.56. The van der Waals surface area contributed by atoms with Gasteiger partial charge in [-0.25, -0.2) is 9.97 Å². The average Bonchev–Trinajstić information content (AvgIpc) is 2.95. The third kappa shape index (κ3) is 3.00. The first kappa shape index (κ1) is 14.6. The molecule has 2 aromatic rings. The Morgan fingerprint density at radius 1 is 1.29 bits per heavy atom. The lowest BCUT2D eigenvalue weighted by atomic mass is 10.1. The van der Waals surface area contributed by atoms with E-state index >= 15 is 0 Å². The van der Waals surface area contributed by atoms with Crippen molar-refractivity contribution in [1.82, 2.24) is 9.97 Å². The summed E-state index contributed by atoms with van der Waals surface area (Å²) in [5, 5.41) is 1.99. The minimum absolute atomic E-state index is 0.604. The van der Waals surface area contributed by atoms with Gasteiger partial charge in [0, 0.05) is 23.7 Å². The van der Waals surface area contributed by atoms with E-state index in [1.165, 1.54) is 36.0 Å². The molecule has 3 nitrogen and oxygen atoms in total. The summed E-state index contributed by atoms with van der Waals surface area (Å²) < 4.78 is 0. The van der Waals surface area contributed by atoms with E-state index in [4.69, 9.17) is 0 Å². The molecule has 0 bridgehead atoms. The molecule has 21 heavy (non-hydrogen) atoms. The molecule has 0 radical (unpaired) electrons. The zero-order valence-electron chi connectivity index (χ0n) is 13.0. The van der Waals surface area contributed by atoms with Crippen LogP contribution in [0.2, 0.25) is 0 Å². The molecule has 0 spiro atoms. The van der Waals surface area contributed by atoms with Gasteiger partial charge in [-0.2, -0.15) is 11.8 Å². The van der Waals surface area contributed by atoms with E-state index in [-0.39, 0.29) is 0 Å². The summed E-state index contributed by atoms with van der Waals surface area (Å²) in [5.41, 5.74) is 2.30. The van der Waals surface area contributed by atoms with Crippen LogP contribution in [0.25, 0.3) is 10.9 Å². The van der Waals surface area contributed by atoms with Crippen molar-refractivity contribution in [2.45, 2.75) is 44.4 Å². The lowest BCUT2D eigenvalue weighted by molar-refractivity contribution is 0.649. The number of fused-ring (bicyclic) bond motifs is 1. The van der Waals surface area contributed by atoms with Crippen molar-refractivity contribution in [3.8, 4) is 0 Å². The van der Waals surface area contributed by atoms with E-state index in [1.54, 1.807) is 6.33 Å². The van der Waals surface area contributed by atoms with Crippen LogP contribution < -0.4 is 4.90 Å². The van der Waals surface area contributed by atoms with Gasteiger partial charge in [-0.1, -0.05) is 18.6 Å². The van der Waals surface area contributed by atoms with Crippen molar-refractivity contribution in [1.29, 1.82) is 0 Å². The molecule has 1 saturated carbocycles. The average molecular weight is 301 g/mol. The summed E-state index contributed by atoms with van der Waals surface area (Å²) in [5.74, 6) is 2.30. The van der Waals surface area contributed by atoms with Gasteiger partial charge in [-0.05, 0) is 44.1 Å². The first-order valence-corrected chi connectivity index (χ1v) is 8.79. The molecule has 1 heterocycles. The van der Waals surface area contributed by atoms with E-state index in [0.717, 1.165) is 16.6 Å². The van der Waals surface area contributed by atoms with Crippen molar-refractivity contribution < 1.29 is 0 Å². The van der Waals surface area contributed by atoms with E-state index in [2.05, 4.69) is 65.7 Å². The van der Waals surface area contributed by atoms with Gasteiger partial charge in [0.15, 0.2) is 0 Å². The molecular weight excluding hydrogens is 278 g/mol.